The highest BCUT2D eigenvalue weighted by Crippen LogP contribution is 2.29. The fourth-order valence-corrected chi connectivity index (χ4v) is 2.41. The summed E-state index contributed by atoms with van der Waals surface area (Å²) in [7, 11) is 0. The van der Waals surface area contributed by atoms with Crippen molar-refractivity contribution in [2.24, 2.45) is 0 Å². The van der Waals surface area contributed by atoms with Gasteiger partial charge < -0.3 is 14.8 Å². The number of aromatic carboxylic acids is 1. The van der Waals surface area contributed by atoms with E-state index in [1.54, 1.807) is 24.3 Å². The lowest BCUT2D eigenvalue weighted by molar-refractivity contribution is 0.0688. The average molecular weight is 296 g/mol. The number of hydrogen-bond acceptors (Lipinski definition) is 3. The quantitative estimate of drug-likeness (QED) is 0.761. The van der Waals surface area contributed by atoms with E-state index >= 15 is 0 Å². The van der Waals surface area contributed by atoms with E-state index in [1.807, 2.05) is 6.07 Å². The lowest BCUT2D eigenvalue weighted by Crippen LogP contribution is -2.03. The van der Waals surface area contributed by atoms with E-state index in [4.69, 9.17) is 10.4 Å². The van der Waals surface area contributed by atoms with Crippen molar-refractivity contribution in [2.45, 2.75) is 0 Å². The van der Waals surface area contributed by atoms with E-state index in [0.717, 1.165) is 12.1 Å². The minimum atomic E-state index is -1.54. The molecule has 108 valence electrons. The molecule has 2 N–H and O–H groups in total. The summed E-state index contributed by atoms with van der Waals surface area (Å²) in [6.45, 7) is 0. The number of carboxylic acids is 1. The number of carboxylic acid groups (broad SMARTS) is 1. The highest BCUT2D eigenvalue weighted by Gasteiger charge is 2.19. The van der Waals surface area contributed by atoms with Gasteiger partial charge in [-0.05, 0) is 12.1 Å². The van der Waals surface area contributed by atoms with Gasteiger partial charge in [0.15, 0.2) is 0 Å². The van der Waals surface area contributed by atoms with Crippen molar-refractivity contribution in [1.29, 1.82) is 5.26 Å². The summed E-state index contributed by atoms with van der Waals surface area (Å²) in [4.78, 5) is 10.9. The molecular weight excluding hydrogens is 287 g/mol. The molecule has 0 amide bonds. The van der Waals surface area contributed by atoms with Gasteiger partial charge in [0.25, 0.3) is 0 Å². The third kappa shape index (κ3) is 1.96. The van der Waals surface area contributed by atoms with Crippen LogP contribution in [0.5, 0.6) is 5.75 Å². The third-order valence-electron chi connectivity index (χ3n) is 3.38. The van der Waals surface area contributed by atoms with E-state index < -0.39 is 23.1 Å². The Bertz CT molecular complexity index is 931. The Balaban J connectivity index is 2.29. The average Bonchev–Trinajstić information content (AvgIpc) is 2.85. The molecule has 0 atom stereocenters. The Kier molecular flexibility index (Phi) is 3.04. The van der Waals surface area contributed by atoms with Gasteiger partial charge in [-0.1, -0.05) is 18.2 Å². The standard InChI is InChI=1S/C16H9FN2O3/c17-12-5-10(6-14(20)15(12)16(21)22)19-8-9(7-18)11-3-1-2-4-13(11)19/h1-6,8,20H,(H,21,22). The van der Waals surface area contributed by atoms with Gasteiger partial charge >= 0.3 is 5.97 Å². The highest BCUT2D eigenvalue weighted by molar-refractivity contribution is 5.92. The van der Waals surface area contributed by atoms with Crippen LogP contribution in [0, 0.1) is 17.1 Å². The zero-order valence-electron chi connectivity index (χ0n) is 11.1. The van der Waals surface area contributed by atoms with Crippen LogP contribution in [0.15, 0.2) is 42.6 Å². The maximum atomic E-state index is 13.9. The molecule has 0 unspecified atom stereocenters. The van der Waals surface area contributed by atoms with Crippen LogP contribution in [0.2, 0.25) is 0 Å². The zero-order valence-corrected chi connectivity index (χ0v) is 11.1. The topological polar surface area (TPSA) is 86.3 Å². The summed E-state index contributed by atoms with van der Waals surface area (Å²) in [5, 5.41) is 28.5. The molecule has 1 heterocycles. The molecule has 0 aliphatic heterocycles. The molecule has 0 saturated carbocycles. The minimum Gasteiger partial charge on any atom is -0.507 e. The molecule has 0 aliphatic rings. The number of carbonyl (C=O) groups is 1. The molecule has 22 heavy (non-hydrogen) atoms. The summed E-state index contributed by atoms with van der Waals surface area (Å²) >= 11 is 0. The second-order valence-electron chi connectivity index (χ2n) is 4.67. The van der Waals surface area contributed by atoms with Crippen LogP contribution in [-0.2, 0) is 0 Å². The molecule has 1 aromatic heterocycles. The lowest BCUT2D eigenvalue weighted by atomic mass is 10.1. The molecule has 0 fully saturated rings. The second-order valence-corrected chi connectivity index (χ2v) is 4.67. The van der Waals surface area contributed by atoms with Crippen molar-refractivity contribution in [3.63, 3.8) is 0 Å². The van der Waals surface area contributed by atoms with E-state index in [9.17, 15) is 14.3 Å². The molecule has 3 rings (SSSR count). The van der Waals surface area contributed by atoms with Crippen LogP contribution in [-0.4, -0.2) is 20.7 Å². The molecule has 0 aliphatic carbocycles. The second kappa shape index (κ2) is 4.90. The normalized spacial score (nSPS) is 10.5. The van der Waals surface area contributed by atoms with Crippen molar-refractivity contribution in [3.8, 4) is 17.5 Å². The molecule has 3 aromatic rings. The van der Waals surface area contributed by atoms with Crippen molar-refractivity contribution in [2.75, 3.05) is 0 Å². The van der Waals surface area contributed by atoms with Crippen LogP contribution >= 0.6 is 0 Å². The number of halogens is 1. The van der Waals surface area contributed by atoms with E-state index in [0.29, 0.717) is 16.5 Å². The van der Waals surface area contributed by atoms with Gasteiger partial charge in [-0.3, -0.25) is 0 Å². The van der Waals surface area contributed by atoms with E-state index in [1.165, 1.54) is 10.8 Å². The number of rotatable bonds is 2. The first-order valence-corrected chi connectivity index (χ1v) is 6.29. The summed E-state index contributed by atoms with van der Waals surface area (Å²) in [6.07, 6.45) is 1.51. The van der Waals surface area contributed by atoms with E-state index in [-0.39, 0.29) is 5.69 Å². The Hall–Kier alpha value is -3.33. The van der Waals surface area contributed by atoms with Gasteiger partial charge in [0.2, 0.25) is 0 Å². The van der Waals surface area contributed by atoms with Gasteiger partial charge in [0, 0.05) is 17.6 Å². The first-order valence-electron chi connectivity index (χ1n) is 6.29. The monoisotopic (exact) mass is 296 g/mol. The van der Waals surface area contributed by atoms with Crippen LogP contribution < -0.4 is 0 Å². The van der Waals surface area contributed by atoms with Gasteiger partial charge in [0.1, 0.15) is 23.2 Å². The van der Waals surface area contributed by atoms with Crippen LogP contribution in [0.4, 0.5) is 4.39 Å². The number of para-hydroxylation sites is 1. The number of hydrogen-bond donors (Lipinski definition) is 2. The Labute approximate surface area is 124 Å². The van der Waals surface area contributed by atoms with Gasteiger partial charge in [0.05, 0.1) is 16.8 Å². The smallest absolute Gasteiger partial charge is 0.342 e. The van der Waals surface area contributed by atoms with Crippen LogP contribution in [0.3, 0.4) is 0 Å². The largest absolute Gasteiger partial charge is 0.507 e. The van der Waals surface area contributed by atoms with Crippen molar-refractivity contribution in [1.82, 2.24) is 4.57 Å². The van der Waals surface area contributed by atoms with E-state index in [2.05, 4.69) is 0 Å². The summed E-state index contributed by atoms with van der Waals surface area (Å²) in [5.74, 6) is -3.26. The molecule has 0 spiro atoms. The number of aromatic hydroxyl groups is 1. The fourth-order valence-electron chi connectivity index (χ4n) is 2.41. The van der Waals surface area contributed by atoms with Crippen molar-refractivity contribution in [3.05, 3.63) is 59.5 Å². The molecule has 6 heteroatoms. The number of nitrogens with zero attached hydrogens (tertiary/aromatic N) is 2. The Morgan fingerprint density at radius 3 is 2.64 bits per heavy atom. The number of benzene rings is 2. The van der Waals surface area contributed by atoms with Crippen LogP contribution in [0.1, 0.15) is 15.9 Å². The first-order chi connectivity index (χ1) is 10.5. The number of aromatic nitrogens is 1. The Morgan fingerprint density at radius 2 is 2.00 bits per heavy atom. The zero-order chi connectivity index (χ0) is 15.9. The van der Waals surface area contributed by atoms with Crippen LogP contribution in [0.25, 0.3) is 16.6 Å². The van der Waals surface area contributed by atoms with Gasteiger partial charge in [-0.2, -0.15) is 5.26 Å². The van der Waals surface area contributed by atoms with Gasteiger partial charge in [-0.15, -0.1) is 0 Å². The number of fused-ring (bicyclic) bond motifs is 1. The van der Waals surface area contributed by atoms with Crippen molar-refractivity contribution < 1.29 is 19.4 Å². The fraction of sp³-hybridized carbons (Fsp3) is 0. The summed E-state index contributed by atoms with van der Waals surface area (Å²) < 4.78 is 15.4. The molecule has 0 radical (unpaired) electrons. The van der Waals surface area contributed by atoms with Gasteiger partial charge in [-0.25, -0.2) is 9.18 Å². The third-order valence-corrected chi connectivity index (χ3v) is 3.38. The number of phenols is 1. The maximum Gasteiger partial charge on any atom is 0.342 e. The molecule has 2 aromatic carbocycles. The lowest BCUT2D eigenvalue weighted by Gasteiger charge is -2.08. The predicted octanol–water partition coefficient (Wildman–Crippen LogP) is 3.05. The molecule has 5 nitrogen and oxygen atoms in total. The Morgan fingerprint density at radius 1 is 1.27 bits per heavy atom. The SMILES string of the molecule is N#Cc1cn(-c2cc(O)c(C(=O)O)c(F)c2)c2ccccc12. The molecular formula is C16H9FN2O3. The molecule has 0 saturated heterocycles. The first kappa shape index (κ1) is 13.6. The minimum absolute atomic E-state index is 0.234. The summed E-state index contributed by atoms with van der Waals surface area (Å²) in [6, 6.07) is 11.3. The highest BCUT2D eigenvalue weighted by atomic mass is 19.1. The summed E-state index contributed by atoms with van der Waals surface area (Å²) in [5.41, 5.74) is 0.511. The number of nitriles is 1. The maximum absolute atomic E-state index is 13.9. The van der Waals surface area contributed by atoms with Crippen molar-refractivity contribution >= 4 is 16.9 Å². The predicted molar refractivity (Wildman–Crippen MR) is 76.6 cm³/mol. The molecule has 0 bridgehead atoms.